The Bertz CT molecular complexity index is 564. The molecule has 0 aromatic heterocycles. The van der Waals surface area contributed by atoms with Gasteiger partial charge in [-0.05, 0) is 13.0 Å². The lowest BCUT2D eigenvalue weighted by molar-refractivity contribution is -0.385. The van der Waals surface area contributed by atoms with Crippen molar-refractivity contribution in [2.24, 2.45) is 5.73 Å². The maximum atomic E-state index is 13.4. The Morgan fingerprint density at radius 3 is 2.90 bits per heavy atom. The third-order valence-electron chi connectivity index (χ3n) is 3.31. The van der Waals surface area contributed by atoms with Gasteiger partial charge in [0.05, 0.1) is 23.7 Å². The van der Waals surface area contributed by atoms with Crippen LogP contribution in [0.5, 0.6) is 0 Å². The Morgan fingerprint density at radius 2 is 2.29 bits per heavy atom. The van der Waals surface area contributed by atoms with E-state index in [0.29, 0.717) is 13.2 Å². The van der Waals surface area contributed by atoms with Gasteiger partial charge < -0.3 is 15.4 Å². The van der Waals surface area contributed by atoms with Gasteiger partial charge in [0.1, 0.15) is 5.82 Å². The van der Waals surface area contributed by atoms with Gasteiger partial charge in [-0.3, -0.25) is 14.9 Å². The predicted octanol–water partition coefficient (Wildman–Crippen LogP) is 0.922. The molecule has 114 valence electrons. The lowest BCUT2D eigenvalue weighted by atomic mass is 10.1. The van der Waals surface area contributed by atoms with E-state index in [1.54, 1.807) is 6.92 Å². The van der Waals surface area contributed by atoms with Crippen LogP contribution in [0.2, 0.25) is 0 Å². The van der Waals surface area contributed by atoms with Crippen LogP contribution in [-0.2, 0) is 4.74 Å². The van der Waals surface area contributed by atoms with Crippen molar-refractivity contribution in [3.63, 3.8) is 0 Å². The first-order valence-electron chi connectivity index (χ1n) is 6.50. The molecule has 0 radical (unpaired) electrons. The van der Waals surface area contributed by atoms with Crippen LogP contribution in [0, 0.1) is 15.9 Å². The quantitative estimate of drug-likeness (QED) is 0.660. The van der Waals surface area contributed by atoms with E-state index in [1.807, 2.05) is 0 Å². The van der Waals surface area contributed by atoms with Crippen molar-refractivity contribution >= 4 is 11.6 Å². The number of benzene rings is 1. The number of carbonyl (C=O) groups excluding carboxylic acids is 1. The summed E-state index contributed by atoms with van der Waals surface area (Å²) in [6.45, 7) is 2.72. The molecule has 1 aromatic carbocycles. The van der Waals surface area contributed by atoms with Gasteiger partial charge in [0.25, 0.3) is 11.6 Å². The number of hydrogen-bond acceptors (Lipinski definition) is 5. The van der Waals surface area contributed by atoms with Gasteiger partial charge in [0, 0.05) is 30.8 Å². The minimum absolute atomic E-state index is 0.0491. The molecule has 2 atom stereocenters. The van der Waals surface area contributed by atoms with Gasteiger partial charge in [-0.15, -0.1) is 0 Å². The summed E-state index contributed by atoms with van der Waals surface area (Å²) in [6.07, 6.45) is -0.300. The topological polar surface area (TPSA) is 98.7 Å². The van der Waals surface area contributed by atoms with Crippen molar-refractivity contribution < 1.29 is 18.8 Å². The average Bonchev–Trinajstić information content (AvgIpc) is 2.45. The summed E-state index contributed by atoms with van der Waals surface area (Å²) in [4.78, 5) is 23.8. The molecule has 21 heavy (non-hydrogen) atoms. The highest BCUT2D eigenvalue weighted by Gasteiger charge is 2.28. The Hall–Kier alpha value is -2.06. The van der Waals surface area contributed by atoms with Gasteiger partial charge in [0.15, 0.2) is 0 Å². The number of ether oxygens (including phenoxy) is 1. The largest absolute Gasteiger partial charge is 0.373 e. The molecular weight excluding hydrogens is 281 g/mol. The van der Waals surface area contributed by atoms with E-state index in [4.69, 9.17) is 10.5 Å². The molecule has 0 spiro atoms. The second-order valence-electron chi connectivity index (χ2n) is 4.97. The Labute approximate surface area is 120 Å². The van der Waals surface area contributed by atoms with Gasteiger partial charge in [-0.2, -0.15) is 0 Å². The van der Waals surface area contributed by atoms with Crippen molar-refractivity contribution in [2.75, 3.05) is 19.7 Å². The van der Waals surface area contributed by atoms with Gasteiger partial charge in [-0.25, -0.2) is 4.39 Å². The highest BCUT2D eigenvalue weighted by molar-refractivity contribution is 5.95. The van der Waals surface area contributed by atoms with Crippen LogP contribution in [0.3, 0.4) is 0 Å². The van der Waals surface area contributed by atoms with Crippen molar-refractivity contribution in [3.05, 3.63) is 39.7 Å². The standard InChI is InChI=1S/C13H16FN3O4/c1-8(15)12-7-16(2-3-21-12)13(18)9-4-10(14)6-11(5-9)17(19)20/h4-6,8,12H,2-3,7,15H2,1H3. The zero-order chi connectivity index (χ0) is 15.6. The normalized spacial score (nSPS) is 20.1. The monoisotopic (exact) mass is 297 g/mol. The Balaban J connectivity index is 2.21. The molecule has 2 N–H and O–H groups in total. The molecular formula is C13H16FN3O4. The van der Waals surface area contributed by atoms with Crippen LogP contribution >= 0.6 is 0 Å². The van der Waals surface area contributed by atoms with Crippen LogP contribution < -0.4 is 5.73 Å². The van der Waals surface area contributed by atoms with Crippen molar-refractivity contribution in [1.82, 2.24) is 4.90 Å². The van der Waals surface area contributed by atoms with E-state index in [1.165, 1.54) is 4.90 Å². The molecule has 1 heterocycles. The van der Waals surface area contributed by atoms with Gasteiger partial charge >= 0.3 is 0 Å². The number of rotatable bonds is 3. The number of hydrogen-bond donors (Lipinski definition) is 1. The molecule has 1 aliphatic rings. The number of carbonyl (C=O) groups is 1. The highest BCUT2D eigenvalue weighted by Crippen LogP contribution is 2.19. The summed E-state index contributed by atoms with van der Waals surface area (Å²) in [5.74, 6) is -1.28. The Morgan fingerprint density at radius 1 is 1.57 bits per heavy atom. The molecule has 1 aromatic rings. The van der Waals surface area contributed by atoms with E-state index in [2.05, 4.69) is 0 Å². The van der Waals surface area contributed by atoms with Crippen LogP contribution in [0.1, 0.15) is 17.3 Å². The van der Waals surface area contributed by atoms with Gasteiger partial charge in [0.2, 0.25) is 0 Å². The summed E-state index contributed by atoms with van der Waals surface area (Å²) >= 11 is 0. The molecule has 1 saturated heterocycles. The summed E-state index contributed by atoms with van der Waals surface area (Å²) in [5.41, 5.74) is 5.25. The number of nitro benzene ring substituents is 1. The van der Waals surface area contributed by atoms with E-state index in [9.17, 15) is 19.3 Å². The smallest absolute Gasteiger partial charge is 0.273 e. The molecule has 2 rings (SSSR count). The zero-order valence-corrected chi connectivity index (χ0v) is 11.5. The van der Waals surface area contributed by atoms with Crippen LogP contribution in [0.25, 0.3) is 0 Å². The van der Waals surface area contributed by atoms with Crippen molar-refractivity contribution in [2.45, 2.75) is 19.1 Å². The maximum Gasteiger partial charge on any atom is 0.273 e. The molecule has 7 nitrogen and oxygen atoms in total. The van der Waals surface area contributed by atoms with Crippen LogP contribution in [0.4, 0.5) is 10.1 Å². The molecule has 2 unspecified atom stereocenters. The predicted molar refractivity (Wildman–Crippen MR) is 72.3 cm³/mol. The Kier molecular flexibility index (Phi) is 4.49. The minimum atomic E-state index is -0.815. The summed E-state index contributed by atoms with van der Waals surface area (Å²) in [6, 6.07) is 2.59. The molecule has 0 aliphatic carbocycles. The van der Waals surface area contributed by atoms with Gasteiger partial charge in [-0.1, -0.05) is 0 Å². The average molecular weight is 297 g/mol. The number of nitrogens with two attached hydrogens (primary N) is 1. The first-order valence-corrected chi connectivity index (χ1v) is 6.50. The van der Waals surface area contributed by atoms with Crippen LogP contribution in [0.15, 0.2) is 18.2 Å². The SMILES string of the molecule is CC(N)C1CN(C(=O)c2cc(F)cc([N+](=O)[O-])c2)CCO1. The third-order valence-corrected chi connectivity index (χ3v) is 3.31. The zero-order valence-electron chi connectivity index (χ0n) is 11.5. The number of halogens is 1. The lowest BCUT2D eigenvalue weighted by Gasteiger charge is -2.34. The molecule has 1 aliphatic heterocycles. The molecule has 1 fully saturated rings. The summed E-state index contributed by atoms with van der Waals surface area (Å²) < 4.78 is 18.8. The molecule has 8 heteroatoms. The van der Waals surface area contributed by atoms with Crippen LogP contribution in [-0.4, -0.2) is 47.6 Å². The van der Waals surface area contributed by atoms with E-state index >= 15 is 0 Å². The van der Waals surface area contributed by atoms with Crippen molar-refractivity contribution in [3.8, 4) is 0 Å². The lowest BCUT2D eigenvalue weighted by Crippen LogP contribution is -2.51. The van der Waals surface area contributed by atoms with E-state index in [0.717, 1.165) is 18.2 Å². The summed E-state index contributed by atoms with van der Waals surface area (Å²) in [7, 11) is 0. The second-order valence-corrected chi connectivity index (χ2v) is 4.97. The third kappa shape index (κ3) is 3.53. The van der Waals surface area contributed by atoms with Crippen molar-refractivity contribution in [1.29, 1.82) is 0 Å². The number of nitrogens with zero attached hydrogens (tertiary/aromatic N) is 2. The van der Waals surface area contributed by atoms with E-state index < -0.39 is 22.3 Å². The number of amides is 1. The summed E-state index contributed by atoms with van der Waals surface area (Å²) in [5, 5.41) is 10.7. The second kappa shape index (κ2) is 6.15. The molecule has 0 saturated carbocycles. The fourth-order valence-corrected chi connectivity index (χ4v) is 2.16. The van der Waals surface area contributed by atoms with E-state index in [-0.39, 0.29) is 24.3 Å². The number of nitro groups is 1. The number of morpholine rings is 1. The first-order chi connectivity index (χ1) is 9.88. The maximum absolute atomic E-state index is 13.4. The molecule has 1 amide bonds. The fourth-order valence-electron chi connectivity index (χ4n) is 2.16. The first kappa shape index (κ1) is 15.3. The minimum Gasteiger partial charge on any atom is -0.373 e. The number of non-ortho nitro benzene ring substituents is 1. The highest BCUT2D eigenvalue weighted by atomic mass is 19.1. The molecule has 0 bridgehead atoms. The fraction of sp³-hybridized carbons (Fsp3) is 0.462.